The van der Waals surface area contributed by atoms with Crippen molar-refractivity contribution in [1.82, 2.24) is 5.32 Å². The zero-order chi connectivity index (χ0) is 14.4. The minimum Gasteiger partial charge on any atom is -0.497 e. The highest BCUT2D eigenvalue weighted by atomic mass is 16.5. The minimum atomic E-state index is -1.29. The zero-order valence-corrected chi connectivity index (χ0v) is 10.8. The van der Waals surface area contributed by atoms with E-state index in [1.54, 1.807) is 6.07 Å². The van der Waals surface area contributed by atoms with Crippen LogP contribution in [0.3, 0.4) is 0 Å². The molecule has 3 N–H and O–H groups in total. The highest BCUT2D eigenvalue weighted by molar-refractivity contribution is 5.78. The molecule has 19 heavy (non-hydrogen) atoms. The molecule has 0 saturated carbocycles. The van der Waals surface area contributed by atoms with Gasteiger partial charge < -0.3 is 20.3 Å². The zero-order valence-electron chi connectivity index (χ0n) is 10.8. The standard InChI is InChI=1S/C13H17NO5/c1-8(16)14-6-12(17)13(18)11-5-10(19-2)4-3-9(11)7-15/h3-5,7,12-13,17-18H,6H2,1-2H3,(H,14,16). The van der Waals surface area contributed by atoms with Gasteiger partial charge in [-0.2, -0.15) is 0 Å². The van der Waals surface area contributed by atoms with Crippen molar-refractivity contribution in [2.24, 2.45) is 0 Å². The number of rotatable bonds is 6. The average Bonchev–Trinajstić information content (AvgIpc) is 2.42. The van der Waals surface area contributed by atoms with Crippen molar-refractivity contribution < 1.29 is 24.5 Å². The van der Waals surface area contributed by atoms with Gasteiger partial charge in [-0.25, -0.2) is 0 Å². The van der Waals surface area contributed by atoms with E-state index < -0.39 is 12.2 Å². The quantitative estimate of drug-likeness (QED) is 0.632. The van der Waals surface area contributed by atoms with E-state index in [0.717, 1.165) is 0 Å². The number of hydrogen-bond acceptors (Lipinski definition) is 5. The third-order valence-corrected chi connectivity index (χ3v) is 2.66. The van der Waals surface area contributed by atoms with E-state index in [-0.39, 0.29) is 23.6 Å². The van der Waals surface area contributed by atoms with Gasteiger partial charge in [0.05, 0.1) is 7.11 Å². The molecule has 6 heteroatoms. The van der Waals surface area contributed by atoms with E-state index >= 15 is 0 Å². The Balaban J connectivity index is 2.92. The molecule has 0 saturated heterocycles. The summed E-state index contributed by atoms with van der Waals surface area (Å²) in [7, 11) is 1.46. The van der Waals surface area contributed by atoms with Gasteiger partial charge in [-0.1, -0.05) is 0 Å². The summed E-state index contributed by atoms with van der Waals surface area (Å²) in [4.78, 5) is 21.7. The Morgan fingerprint density at radius 2 is 2.16 bits per heavy atom. The Labute approximate surface area is 111 Å². The number of nitrogens with one attached hydrogen (secondary N) is 1. The normalized spacial score (nSPS) is 13.5. The van der Waals surface area contributed by atoms with E-state index in [4.69, 9.17) is 4.74 Å². The number of benzene rings is 1. The summed E-state index contributed by atoms with van der Waals surface area (Å²) in [5.74, 6) is 0.152. The molecule has 2 unspecified atom stereocenters. The maximum atomic E-state index is 10.9. The molecule has 0 aliphatic carbocycles. The minimum absolute atomic E-state index is 0.105. The van der Waals surface area contributed by atoms with Gasteiger partial charge in [-0.3, -0.25) is 9.59 Å². The fourth-order valence-electron chi connectivity index (χ4n) is 1.61. The van der Waals surface area contributed by atoms with Crippen molar-refractivity contribution >= 4 is 12.2 Å². The van der Waals surface area contributed by atoms with Gasteiger partial charge in [-0.15, -0.1) is 0 Å². The van der Waals surface area contributed by atoms with Crippen LogP contribution in [0, 0.1) is 0 Å². The smallest absolute Gasteiger partial charge is 0.216 e. The van der Waals surface area contributed by atoms with Crippen LogP contribution in [0.5, 0.6) is 5.75 Å². The lowest BCUT2D eigenvalue weighted by Gasteiger charge is -2.20. The second kappa shape index (κ2) is 6.86. The largest absolute Gasteiger partial charge is 0.497 e. The van der Waals surface area contributed by atoms with Crippen LogP contribution in [0.25, 0.3) is 0 Å². The molecule has 0 bridgehead atoms. The van der Waals surface area contributed by atoms with Crippen LogP contribution in [-0.4, -0.2) is 42.2 Å². The molecule has 104 valence electrons. The third-order valence-electron chi connectivity index (χ3n) is 2.66. The molecule has 6 nitrogen and oxygen atoms in total. The van der Waals surface area contributed by atoms with Gasteiger partial charge >= 0.3 is 0 Å². The lowest BCUT2D eigenvalue weighted by atomic mass is 9.98. The van der Waals surface area contributed by atoms with Crippen LogP contribution in [0.2, 0.25) is 0 Å². The summed E-state index contributed by atoms with van der Waals surface area (Å²) in [6.07, 6.45) is -1.92. The Hall–Kier alpha value is -1.92. The van der Waals surface area contributed by atoms with E-state index in [9.17, 15) is 19.8 Å². The SMILES string of the molecule is COc1ccc(C=O)c(C(O)C(O)CNC(C)=O)c1. The van der Waals surface area contributed by atoms with Crippen molar-refractivity contribution in [3.05, 3.63) is 29.3 Å². The van der Waals surface area contributed by atoms with Crippen molar-refractivity contribution in [1.29, 1.82) is 0 Å². The first-order valence-electron chi connectivity index (χ1n) is 5.73. The van der Waals surface area contributed by atoms with Crippen LogP contribution >= 0.6 is 0 Å². The number of amides is 1. The first kappa shape index (κ1) is 15.1. The van der Waals surface area contributed by atoms with Gasteiger partial charge in [0.15, 0.2) is 0 Å². The number of ether oxygens (including phenoxy) is 1. The van der Waals surface area contributed by atoms with Gasteiger partial charge in [0, 0.05) is 19.0 Å². The van der Waals surface area contributed by atoms with Crippen molar-refractivity contribution in [2.75, 3.05) is 13.7 Å². The molecule has 0 spiro atoms. The Morgan fingerprint density at radius 3 is 2.68 bits per heavy atom. The second-order valence-electron chi connectivity index (χ2n) is 4.06. The summed E-state index contributed by atoms with van der Waals surface area (Å²) in [5.41, 5.74) is 0.516. The lowest BCUT2D eigenvalue weighted by Crippen LogP contribution is -2.34. The van der Waals surface area contributed by atoms with Crippen molar-refractivity contribution in [2.45, 2.75) is 19.1 Å². The summed E-state index contributed by atoms with van der Waals surface area (Å²) in [5, 5.41) is 22.2. The molecule has 0 radical (unpaired) electrons. The molecule has 1 aromatic rings. The van der Waals surface area contributed by atoms with Crippen LogP contribution in [0.4, 0.5) is 0 Å². The molecule has 0 aliphatic rings. The predicted molar refractivity (Wildman–Crippen MR) is 68.0 cm³/mol. The number of carbonyl (C=O) groups is 2. The molecule has 1 rings (SSSR count). The first-order chi connectivity index (χ1) is 8.99. The predicted octanol–water partition coefficient (Wildman–Crippen LogP) is 0.0381. The van der Waals surface area contributed by atoms with Gasteiger partial charge in [-0.05, 0) is 23.8 Å². The second-order valence-corrected chi connectivity index (χ2v) is 4.06. The Morgan fingerprint density at radius 1 is 1.47 bits per heavy atom. The number of carbonyl (C=O) groups excluding carboxylic acids is 2. The topological polar surface area (TPSA) is 95.9 Å². The maximum Gasteiger partial charge on any atom is 0.216 e. The summed E-state index contributed by atoms with van der Waals surface area (Å²) in [6, 6.07) is 4.56. The fraction of sp³-hybridized carbons (Fsp3) is 0.385. The highest BCUT2D eigenvalue weighted by Crippen LogP contribution is 2.24. The molecule has 0 fully saturated rings. The number of aldehydes is 1. The number of aliphatic hydroxyl groups is 2. The molecule has 2 atom stereocenters. The first-order valence-corrected chi connectivity index (χ1v) is 5.73. The van der Waals surface area contributed by atoms with Gasteiger partial charge in [0.2, 0.25) is 5.91 Å². The highest BCUT2D eigenvalue weighted by Gasteiger charge is 2.21. The number of hydrogen-bond donors (Lipinski definition) is 3. The molecule has 1 amide bonds. The number of methoxy groups -OCH3 is 1. The monoisotopic (exact) mass is 267 g/mol. The fourth-order valence-corrected chi connectivity index (χ4v) is 1.61. The summed E-state index contributed by atoms with van der Waals surface area (Å²) < 4.78 is 5.00. The van der Waals surface area contributed by atoms with Crippen molar-refractivity contribution in [3.63, 3.8) is 0 Å². The van der Waals surface area contributed by atoms with E-state index in [0.29, 0.717) is 12.0 Å². The molecular formula is C13H17NO5. The van der Waals surface area contributed by atoms with E-state index in [1.165, 1.54) is 26.2 Å². The van der Waals surface area contributed by atoms with Crippen LogP contribution in [-0.2, 0) is 4.79 Å². The van der Waals surface area contributed by atoms with Crippen LogP contribution < -0.4 is 10.1 Å². The molecule has 1 aromatic carbocycles. The summed E-state index contributed by atoms with van der Waals surface area (Å²) >= 11 is 0. The molecule has 0 heterocycles. The third kappa shape index (κ3) is 4.04. The summed E-state index contributed by atoms with van der Waals surface area (Å²) in [6.45, 7) is 1.20. The van der Waals surface area contributed by atoms with E-state index in [1.807, 2.05) is 0 Å². The van der Waals surface area contributed by atoms with Crippen LogP contribution in [0.1, 0.15) is 28.9 Å². The average molecular weight is 267 g/mol. The Bertz CT molecular complexity index is 460. The van der Waals surface area contributed by atoms with E-state index in [2.05, 4.69) is 5.32 Å². The lowest BCUT2D eigenvalue weighted by molar-refractivity contribution is -0.119. The molecule has 0 aromatic heterocycles. The number of aliphatic hydroxyl groups excluding tert-OH is 2. The van der Waals surface area contributed by atoms with Gasteiger partial charge in [0.25, 0.3) is 0 Å². The van der Waals surface area contributed by atoms with Gasteiger partial charge in [0.1, 0.15) is 24.2 Å². The maximum absolute atomic E-state index is 10.9. The molecule has 0 aliphatic heterocycles. The van der Waals surface area contributed by atoms with Crippen LogP contribution in [0.15, 0.2) is 18.2 Å². The van der Waals surface area contributed by atoms with Crippen molar-refractivity contribution in [3.8, 4) is 5.75 Å². The molecular weight excluding hydrogens is 250 g/mol. The Kier molecular flexibility index (Phi) is 5.47.